The fourth-order valence-electron chi connectivity index (χ4n) is 2.17. The fourth-order valence-corrected chi connectivity index (χ4v) is 2.17. The number of carbonyl (C=O) groups is 2. The SMILES string of the molecule is COC(=O)C(CCc1ccncc1)C(=O)c1ccc(F)cc1. The van der Waals surface area contributed by atoms with Crippen LogP contribution in [0.5, 0.6) is 0 Å². The molecule has 5 heteroatoms. The van der Waals surface area contributed by atoms with E-state index in [0.29, 0.717) is 18.4 Å². The maximum atomic E-state index is 12.9. The first-order valence-electron chi connectivity index (χ1n) is 6.88. The Morgan fingerprint density at radius 3 is 2.36 bits per heavy atom. The van der Waals surface area contributed by atoms with Crippen LogP contribution in [0.1, 0.15) is 22.3 Å². The number of benzene rings is 1. The summed E-state index contributed by atoms with van der Waals surface area (Å²) in [5.74, 6) is -2.27. The number of aromatic nitrogens is 1. The van der Waals surface area contributed by atoms with Gasteiger partial charge in [0.15, 0.2) is 5.78 Å². The average Bonchev–Trinajstić information content (AvgIpc) is 2.56. The van der Waals surface area contributed by atoms with Gasteiger partial charge < -0.3 is 4.74 Å². The second-order valence-corrected chi connectivity index (χ2v) is 4.84. The Kier molecular flexibility index (Phi) is 5.36. The molecule has 0 amide bonds. The van der Waals surface area contributed by atoms with E-state index in [-0.39, 0.29) is 5.78 Å². The summed E-state index contributed by atoms with van der Waals surface area (Å²) in [4.78, 5) is 28.2. The van der Waals surface area contributed by atoms with E-state index in [1.165, 1.54) is 31.4 Å². The highest BCUT2D eigenvalue weighted by Gasteiger charge is 2.28. The number of halogens is 1. The number of hydrogen-bond acceptors (Lipinski definition) is 4. The van der Waals surface area contributed by atoms with Crippen molar-refractivity contribution in [2.24, 2.45) is 5.92 Å². The number of aryl methyl sites for hydroxylation is 1. The first-order chi connectivity index (χ1) is 10.6. The minimum absolute atomic E-state index is 0.298. The van der Waals surface area contributed by atoms with Crippen molar-refractivity contribution in [1.29, 1.82) is 0 Å². The topological polar surface area (TPSA) is 56.3 Å². The molecule has 0 radical (unpaired) electrons. The summed E-state index contributed by atoms with van der Waals surface area (Å²) in [5.41, 5.74) is 1.28. The Morgan fingerprint density at radius 2 is 1.77 bits per heavy atom. The predicted octanol–water partition coefficient (Wildman–Crippen LogP) is 2.83. The minimum Gasteiger partial charge on any atom is -0.468 e. The number of esters is 1. The molecular weight excluding hydrogens is 285 g/mol. The highest BCUT2D eigenvalue weighted by atomic mass is 19.1. The molecule has 1 aromatic carbocycles. The Labute approximate surface area is 127 Å². The molecule has 0 N–H and O–H groups in total. The molecule has 1 aromatic heterocycles. The number of nitrogens with zero attached hydrogens (tertiary/aromatic N) is 1. The van der Waals surface area contributed by atoms with Gasteiger partial charge in [-0.2, -0.15) is 0 Å². The molecule has 0 aliphatic rings. The third-order valence-corrected chi connectivity index (χ3v) is 3.40. The van der Waals surface area contributed by atoms with E-state index in [1.54, 1.807) is 12.4 Å². The highest BCUT2D eigenvalue weighted by Crippen LogP contribution is 2.17. The van der Waals surface area contributed by atoms with Crippen LogP contribution in [-0.2, 0) is 16.0 Å². The number of Topliss-reactive ketones (excluding diaryl/α,β-unsaturated/α-hetero) is 1. The van der Waals surface area contributed by atoms with Gasteiger partial charge in [-0.1, -0.05) is 0 Å². The first-order valence-corrected chi connectivity index (χ1v) is 6.88. The number of methoxy groups -OCH3 is 1. The molecule has 0 aliphatic heterocycles. The Balaban J connectivity index is 2.13. The average molecular weight is 301 g/mol. The van der Waals surface area contributed by atoms with Crippen LogP contribution in [0.4, 0.5) is 4.39 Å². The van der Waals surface area contributed by atoms with Gasteiger partial charge in [0.1, 0.15) is 11.7 Å². The summed E-state index contributed by atoms with van der Waals surface area (Å²) >= 11 is 0. The van der Waals surface area contributed by atoms with Crippen molar-refractivity contribution in [3.05, 3.63) is 65.7 Å². The second kappa shape index (κ2) is 7.45. The number of ether oxygens (including phenoxy) is 1. The lowest BCUT2D eigenvalue weighted by atomic mass is 9.92. The van der Waals surface area contributed by atoms with Crippen LogP contribution in [0, 0.1) is 11.7 Å². The molecule has 2 rings (SSSR count). The van der Waals surface area contributed by atoms with Crippen molar-refractivity contribution in [3.63, 3.8) is 0 Å². The zero-order valence-corrected chi connectivity index (χ0v) is 12.2. The van der Waals surface area contributed by atoms with Crippen molar-refractivity contribution in [2.45, 2.75) is 12.8 Å². The monoisotopic (exact) mass is 301 g/mol. The van der Waals surface area contributed by atoms with E-state index in [1.807, 2.05) is 12.1 Å². The number of carbonyl (C=O) groups excluding carboxylic acids is 2. The molecule has 0 spiro atoms. The maximum Gasteiger partial charge on any atom is 0.316 e. The van der Waals surface area contributed by atoms with E-state index in [2.05, 4.69) is 4.98 Å². The van der Waals surface area contributed by atoms with Crippen molar-refractivity contribution < 1.29 is 18.7 Å². The van der Waals surface area contributed by atoms with Crippen molar-refractivity contribution >= 4 is 11.8 Å². The first kappa shape index (κ1) is 15.8. The molecule has 0 fully saturated rings. The maximum absolute atomic E-state index is 12.9. The molecule has 0 bridgehead atoms. The molecule has 0 aliphatic carbocycles. The molecular formula is C17H16FNO3. The van der Waals surface area contributed by atoms with Gasteiger partial charge in [0, 0.05) is 18.0 Å². The molecule has 1 atom stereocenters. The van der Waals surface area contributed by atoms with Gasteiger partial charge in [-0.25, -0.2) is 4.39 Å². The largest absolute Gasteiger partial charge is 0.468 e. The van der Waals surface area contributed by atoms with Gasteiger partial charge in [0.2, 0.25) is 0 Å². The zero-order valence-electron chi connectivity index (χ0n) is 12.2. The van der Waals surface area contributed by atoms with Crippen LogP contribution in [-0.4, -0.2) is 23.8 Å². The van der Waals surface area contributed by atoms with E-state index in [0.717, 1.165) is 5.56 Å². The summed E-state index contributed by atoms with van der Waals surface area (Å²) in [6.45, 7) is 0. The normalized spacial score (nSPS) is 11.7. The minimum atomic E-state index is -0.899. The zero-order chi connectivity index (χ0) is 15.9. The molecule has 1 unspecified atom stereocenters. The van der Waals surface area contributed by atoms with Gasteiger partial charge in [0.25, 0.3) is 0 Å². The van der Waals surface area contributed by atoms with Crippen LogP contribution >= 0.6 is 0 Å². The van der Waals surface area contributed by atoms with Crippen molar-refractivity contribution in [1.82, 2.24) is 4.98 Å². The van der Waals surface area contributed by atoms with Gasteiger partial charge in [-0.05, 0) is 54.8 Å². The summed E-state index contributed by atoms with van der Waals surface area (Å²) in [5, 5.41) is 0. The summed E-state index contributed by atoms with van der Waals surface area (Å²) in [6.07, 6.45) is 4.19. The molecule has 22 heavy (non-hydrogen) atoms. The van der Waals surface area contributed by atoms with E-state index < -0.39 is 17.7 Å². The van der Waals surface area contributed by atoms with Crippen LogP contribution in [0.15, 0.2) is 48.8 Å². The molecule has 0 saturated heterocycles. The summed E-state index contributed by atoms with van der Waals surface area (Å²) < 4.78 is 17.7. The number of ketones is 1. The Morgan fingerprint density at radius 1 is 1.14 bits per heavy atom. The quantitative estimate of drug-likeness (QED) is 0.468. The standard InChI is InChI=1S/C17H16FNO3/c1-22-17(21)15(7-2-12-8-10-19-11-9-12)16(20)13-3-5-14(18)6-4-13/h3-6,8-11,15H,2,7H2,1H3. The van der Waals surface area contributed by atoms with Gasteiger partial charge >= 0.3 is 5.97 Å². The second-order valence-electron chi connectivity index (χ2n) is 4.84. The number of rotatable bonds is 6. The number of pyridine rings is 1. The lowest BCUT2D eigenvalue weighted by Crippen LogP contribution is -2.26. The number of hydrogen-bond donors (Lipinski definition) is 0. The Hall–Kier alpha value is -2.56. The lowest BCUT2D eigenvalue weighted by Gasteiger charge is -2.13. The molecule has 114 valence electrons. The highest BCUT2D eigenvalue weighted by molar-refractivity contribution is 6.08. The van der Waals surface area contributed by atoms with E-state index >= 15 is 0 Å². The molecule has 1 heterocycles. The predicted molar refractivity (Wildman–Crippen MR) is 78.8 cm³/mol. The van der Waals surface area contributed by atoms with Gasteiger partial charge in [-0.3, -0.25) is 14.6 Å². The van der Waals surface area contributed by atoms with E-state index in [4.69, 9.17) is 4.74 Å². The van der Waals surface area contributed by atoms with Gasteiger partial charge in [0.05, 0.1) is 7.11 Å². The summed E-state index contributed by atoms with van der Waals surface area (Å²) in [6, 6.07) is 8.81. The third-order valence-electron chi connectivity index (χ3n) is 3.40. The van der Waals surface area contributed by atoms with Crippen LogP contribution < -0.4 is 0 Å². The van der Waals surface area contributed by atoms with Crippen molar-refractivity contribution in [3.8, 4) is 0 Å². The van der Waals surface area contributed by atoms with Crippen LogP contribution in [0.2, 0.25) is 0 Å². The lowest BCUT2D eigenvalue weighted by molar-refractivity contribution is -0.143. The fraction of sp³-hybridized carbons (Fsp3) is 0.235. The molecule has 0 saturated carbocycles. The third kappa shape index (κ3) is 3.97. The summed E-state index contributed by atoms with van der Waals surface area (Å²) in [7, 11) is 1.25. The Bertz CT molecular complexity index is 641. The smallest absolute Gasteiger partial charge is 0.316 e. The van der Waals surface area contributed by atoms with E-state index in [9.17, 15) is 14.0 Å². The van der Waals surface area contributed by atoms with Crippen LogP contribution in [0.3, 0.4) is 0 Å². The molecule has 4 nitrogen and oxygen atoms in total. The van der Waals surface area contributed by atoms with Crippen LogP contribution in [0.25, 0.3) is 0 Å². The van der Waals surface area contributed by atoms with Crippen molar-refractivity contribution in [2.75, 3.05) is 7.11 Å². The van der Waals surface area contributed by atoms with Gasteiger partial charge in [-0.15, -0.1) is 0 Å². The molecule has 2 aromatic rings.